The van der Waals surface area contributed by atoms with E-state index in [1.165, 1.54) is 19.5 Å². The molecule has 0 aliphatic carbocycles. The molecule has 0 spiro atoms. The highest BCUT2D eigenvalue weighted by Crippen LogP contribution is 2.30. The first-order chi connectivity index (χ1) is 12.2. The van der Waals surface area contributed by atoms with Crippen LogP contribution in [0, 0.1) is 5.92 Å². The number of nitrogens with zero attached hydrogens (tertiary/aromatic N) is 1. The summed E-state index contributed by atoms with van der Waals surface area (Å²) in [5.41, 5.74) is 0.725. The van der Waals surface area contributed by atoms with Crippen molar-refractivity contribution < 1.29 is 4.79 Å². The van der Waals surface area contributed by atoms with Crippen molar-refractivity contribution in [2.24, 2.45) is 5.92 Å². The zero-order valence-electron chi connectivity index (χ0n) is 14.0. The molecule has 2 aromatic rings. The lowest BCUT2D eigenvalue weighted by molar-refractivity contribution is 0.0909. The zero-order chi connectivity index (χ0) is 17.2. The first-order valence-electron chi connectivity index (χ1n) is 8.72. The first kappa shape index (κ1) is 17.0. The third-order valence-corrected chi connectivity index (χ3v) is 6.18. The van der Waals surface area contributed by atoms with Crippen LogP contribution in [0.25, 0.3) is 0 Å². The minimum Gasteiger partial charge on any atom is -0.348 e. The van der Waals surface area contributed by atoms with Crippen molar-refractivity contribution in [2.45, 2.75) is 28.7 Å². The highest BCUT2D eigenvalue weighted by atomic mass is 35.5. The summed E-state index contributed by atoms with van der Waals surface area (Å²) in [6, 6.07) is 15.9. The number of carbonyl (C=O) groups excluding carboxylic acids is 1. The molecule has 25 heavy (non-hydrogen) atoms. The van der Waals surface area contributed by atoms with Crippen LogP contribution >= 0.6 is 23.4 Å². The van der Waals surface area contributed by atoms with E-state index >= 15 is 0 Å². The molecule has 0 radical (unpaired) electrons. The lowest BCUT2D eigenvalue weighted by Gasteiger charge is -2.30. The maximum absolute atomic E-state index is 12.5. The van der Waals surface area contributed by atoms with Crippen LogP contribution in [-0.4, -0.2) is 36.5 Å². The lowest BCUT2D eigenvalue weighted by atomic mass is 9.96. The first-order valence-corrected chi connectivity index (χ1v) is 9.92. The molecule has 130 valence electrons. The molecular weight excluding hydrogens is 352 g/mol. The second-order valence-corrected chi connectivity index (χ2v) is 8.49. The lowest BCUT2D eigenvalue weighted by Crippen LogP contribution is -2.47. The van der Waals surface area contributed by atoms with Crippen molar-refractivity contribution in [1.82, 2.24) is 10.2 Å². The molecule has 2 aromatic carbocycles. The smallest absolute Gasteiger partial charge is 0.251 e. The van der Waals surface area contributed by atoms with Gasteiger partial charge in [0.25, 0.3) is 5.91 Å². The number of amides is 1. The van der Waals surface area contributed by atoms with Gasteiger partial charge in [-0.3, -0.25) is 4.79 Å². The Kier molecular flexibility index (Phi) is 5.02. The molecule has 1 amide bonds. The van der Waals surface area contributed by atoms with Crippen LogP contribution in [0.5, 0.6) is 0 Å². The molecule has 0 saturated carbocycles. The molecule has 1 N–H and O–H groups in total. The van der Waals surface area contributed by atoms with Crippen molar-refractivity contribution in [1.29, 1.82) is 0 Å². The number of rotatable bonds is 4. The topological polar surface area (TPSA) is 32.3 Å². The van der Waals surface area contributed by atoms with Gasteiger partial charge in [-0.05, 0) is 67.8 Å². The minimum absolute atomic E-state index is 0.0341. The van der Waals surface area contributed by atoms with E-state index in [-0.39, 0.29) is 11.9 Å². The number of nitrogens with one attached hydrogen (secondary N) is 1. The van der Waals surface area contributed by atoms with Crippen LogP contribution in [0.1, 0.15) is 23.2 Å². The predicted molar refractivity (Wildman–Crippen MR) is 102 cm³/mol. The maximum Gasteiger partial charge on any atom is 0.251 e. The Bertz CT molecular complexity index is 753. The fourth-order valence-electron chi connectivity index (χ4n) is 3.77. The van der Waals surface area contributed by atoms with Crippen molar-refractivity contribution in [3.63, 3.8) is 0 Å². The Balaban J connectivity index is 1.37. The van der Waals surface area contributed by atoms with E-state index in [0.717, 1.165) is 39.3 Å². The minimum atomic E-state index is 0.0341. The van der Waals surface area contributed by atoms with E-state index in [9.17, 15) is 4.79 Å². The van der Waals surface area contributed by atoms with Gasteiger partial charge in [0.1, 0.15) is 0 Å². The van der Waals surface area contributed by atoms with E-state index in [0.29, 0.717) is 0 Å². The van der Waals surface area contributed by atoms with Crippen LogP contribution in [0.15, 0.2) is 58.3 Å². The van der Waals surface area contributed by atoms with Gasteiger partial charge in [-0.15, -0.1) is 0 Å². The summed E-state index contributed by atoms with van der Waals surface area (Å²) in [6.07, 6.45) is 2.40. The van der Waals surface area contributed by atoms with Crippen LogP contribution < -0.4 is 5.32 Å². The largest absolute Gasteiger partial charge is 0.348 e. The summed E-state index contributed by atoms with van der Waals surface area (Å²) in [6.45, 7) is 3.39. The summed E-state index contributed by atoms with van der Waals surface area (Å²) in [5.74, 6) is 0.794. The Hall–Kier alpha value is -1.49. The summed E-state index contributed by atoms with van der Waals surface area (Å²) in [5, 5.41) is 3.94. The van der Waals surface area contributed by atoms with Gasteiger partial charge < -0.3 is 10.2 Å². The number of carbonyl (C=O) groups is 1. The number of hydrogen-bond acceptors (Lipinski definition) is 3. The second-order valence-electron chi connectivity index (χ2n) is 6.90. The average molecular weight is 373 g/mol. The number of halogens is 1. The third-order valence-electron chi connectivity index (χ3n) is 4.95. The molecule has 2 aliphatic rings. The molecule has 3 nitrogen and oxygen atoms in total. The molecule has 2 heterocycles. The van der Waals surface area contributed by atoms with E-state index < -0.39 is 0 Å². The monoisotopic (exact) mass is 372 g/mol. The van der Waals surface area contributed by atoms with E-state index in [2.05, 4.69) is 10.2 Å². The molecule has 4 rings (SSSR count). The second kappa shape index (κ2) is 7.40. The zero-order valence-corrected chi connectivity index (χ0v) is 15.5. The van der Waals surface area contributed by atoms with E-state index in [1.807, 2.05) is 48.5 Å². The molecule has 5 heteroatoms. The Labute approximate surface area is 157 Å². The number of fused-ring (bicyclic) bond motifs is 2. The van der Waals surface area contributed by atoms with Crippen LogP contribution in [0.3, 0.4) is 0 Å². The van der Waals surface area contributed by atoms with Gasteiger partial charge >= 0.3 is 0 Å². The fraction of sp³-hybridized carbons (Fsp3) is 0.350. The molecule has 2 saturated heterocycles. The summed E-state index contributed by atoms with van der Waals surface area (Å²) >= 11 is 7.67. The molecule has 2 fully saturated rings. The average Bonchev–Trinajstić information content (AvgIpc) is 2.94. The highest BCUT2D eigenvalue weighted by Gasteiger charge is 2.32. The summed E-state index contributed by atoms with van der Waals surface area (Å²) in [4.78, 5) is 17.2. The molecule has 3 unspecified atom stereocenters. The van der Waals surface area contributed by atoms with Crippen molar-refractivity contribution in [3.05, 3.63) is 59.1 Å². The summed E-state index contributed by atoms with van der Waals surface area (Å²) < 4.78 is 0. The number of hydrogen-bond donors (Lipinski definition) is 1. The molecule has 2 bridgehead atoms. The Morgan fingerprint density at radius 3 is 2.72 bits per heavy atom. The molecule has 3 atom stereocenters. The van der Waals surface area contributed by atoms with Gasteiger partial charge in [-0.25, -0.2) is 0 Å². The van der Waals surface area contributed by atoms with Crippen molar-refractivity contribution in [3.8, 4) is 0 Å². The maximum atomic E-state index is 12.5. The number of piperidine rings is 1. The van der Waals surface area contributed by atoms with Gasteiger partial charge in [0.2, 0.25) is 0 Å². The quantitative estimate of drug-likeness (QED) is 0.867. The van der Waals surface area contributed by atoms with Crippen LogP contribution in [-0.2, 0) is 0 Å². The predicted octanol–water partition coefficient (Wildman–Crippen LogP) is 4.32. The van der Waals surface area contributed by atoms with Gasteiger partial charge in [-0.1, -0.05) is 29.4 Å². The van der Waals surface area contributed by atoms with E-state index in [1.54, 1.807) is 11.8 Å². The summed E-state index contributed by atoms with van der Waals surface area (Å²) in [7, 11) is 0. The Morgan fingerprint density at radius 1 is 1.12 bits per heavy atom. The van der Waals surface area contributed by atoms with Gasteiger partial charge in [-0.2, -0.15) is 0 Å². The fourth-order valence-corrected chi connectivity index (χ4v) is 4.91. The van der Waals surface area contributed by atoms with E-state index in [4.69, 9.17) is 11.6 Å². The molecule has 2 aliphatic heterocycles. The SMILES string of the molecule is O=C(NC1CC2CCN(C2)C1)c1ccc(Sc2cccc(Cl)c2)cc1. The van der Waals surface area contributed by atoms with Crippen LogP contribution in [0.2, 0.25) is 5.02 Å². The standard InChI is InChI=1S/C20H21ClN2OS/c21-16-2-1-3-19(11-16)25-18-6-4-15(5-7-18)20(24)22-17-10-14-8-9-23(12-14)13-17/h1-7,11,14,17H,8-10,12-13H2,(H,22,24). The molecule has 0 aromatic heterocycles. The normalized spacial score (nSPS) is 24.9. The molecular formula is C20H21ClN2OS. The Morgan fingerprint density at radius 2 is 1.96 bits per heavy atom. The van der Waals surface area contributed by atoms with Crippen LogP contribution in [0.4, 0.5) is 0 Å². The van der Waals surface area contributed by atoms with Gasteiger partial charge in [0.05, 0.1) is 0 Å². The van der Waals surface area contributed by atoms with Gasteiger partial charge in [0.15, 0.2) is 0 Å². The van der Waals surface area contributed by atoms with Crippen molar-refractivity contribution in [2.75, 3.05) is 19.6 Å². The van der Waals surface area contributed by atoms with Gasteiger partial charge in [0, 0.05) is 39.5 Å². The number of benzene rings is 2. The highest BCUT2D eigenvalue weighted by molar-refractivity contribution is 7.99. The third kappa shape index (κ3) is 4.20. The van der Waals surface area contributed by atoms with Crippen molar-refractivity contribution >= 4 is 29.3 Å².